The highest BCUT2D eigenvalue weighted by atomic mass is 19.1. The Morgan fingerprint density at radius 3 is 2.83 bits per heavy atom. The first kappa shape index (κ1) is 14.3. The van der Waals surface area contributed by atoms with Gasteiger partial charge in [-0.25, -0.2) is 4.39 Å². The number of nitrogens with one attached hydrogen (secondary N) is 2. The molecular weight excluding hydrogens is 233 g/mol. The Hall–Kier alpha value is -1.78. The number of nitrogen functional groups attached to an aromatic ring is 1. The summed E-state index contributed by atoms with van der Waals surface area (Å²) >= 11 is 0. The van der Waals surface area contributed by atoms with Crippen LogP contribution in [0.15, 0.2) is 18.2 Å². The summed E-state index contributed by atoms with van der Waals surface area (Å²) in [5.41, 5.74) is 6.16. The minimum atomic E-state index is -0.454. The average molecular weight is 253 g/mol. The summed E-state index contributed by atoms with van der Waals surface area (Å²) in [5, 5.41) is 5.76. The third kappa shape index (κ3) is 4.61. The number of rotatable bonds is 6. The summed E-state index contributed by atoms with van der Waals surface area (Å²) in [6.07, 6.45) is 0.336. The first-order chi connectivity index (χ1) is 8.50. The summed E-state index contributed by atoms with van der Waals surface area (Å²) in [7, 11) is 0. The van der Waals surface area contributed by atoms with Crippen LogP contribution < -0.4 is 16.4 Å². The predicted molar refractivity (Wildman–Crippen MR) is 71.8 cm³/mol. The standard InChI is InChI=1S/C13H20FN3O/c1-9(2)8-17-12(18)6-7-16-11-5-3-4-10(14)13(11)15/h3-5,9,16H,6-8,15H2,1-2H3,(H,17,18). The van der Waals surface area contributed by atoms with Crippen molar-refractivity contribution in [2.45, 2.75) is 20.3 Å². The van der Waals surface area contributed by atoms with Crippen LogP contribution in [0, 0.1) is 11.7 Å². The van der Waals surface area contributed by atoms with Gasteiger partial charge in [-0.2, -0.15) is 0 Å². The van der Waals surface area contributed by atoms with Gasteiger partial charge in [-0.1, -0.05) is 19.9 Å². The largest absolute Gasteiger partial charge is 0.395 e. The molecule has 4 N–H and O–H groups in total. The Morgan fingerprint density at radius 1 is 1.44 bits per heavy atom. The van der Waals surface area contributed by atoms with Crippen LogP contribution in [0.2, 0.25) is 0 Å². The molecule has 0 heterocycles. The van der Waals surface area contributed by atoms with Gasteiger partial charge < -0.3 is 16.4 Å². The zero-order valence-electron chi connectivity index (χ0n) is 10.8. The molecule has 0 bridgehead atoms. The van der Waals surface area contributed by atoms with Gasteiger partial charge in [0.2, 0.25) is 5.91 Å². The maximum Gasteiger partial charge on any atom is 0.221 e. The van der Waals surface area contributed by atoms with Gasteiger partial charge in [0.05, 0.1) is 11.4 Å². The highest BCUT2D eigenvalue weighted by Crippen LogP contribution is 2.20. The van der Waals surface area contributed by atoms with Crippen LogP contribution in [0.1, 0.15) is 20.3 Å². The van der Waals surface area contributed by atoms with E-state index in [2.05, 4.69) is 10.6 Å². The lowest BCUT2D eigenvalue weighted by Crippen LogP contribution is -2.28. The number of hydrogen-bond donors (Lipinski definition) is 3. The van der Waals surface area contributed by atoms with Crippen LogP contribution in [0.4, 0.5) is 15.8 Å². The first-order valence-corrected chi connectivity index (χ1v) is 6.05. The van der Waals surface area contributed by atoms with Crippen LogP contribution in [-0.2, 0) is 4.79 Å². The van der Waals surface area contributed by atoms with Crippen LogP contribution in [0.5, 0.6) is 0 Å². The molecule has 0 aromatic heterocycles. The van der Waals surface area contributed by atoms with Crippen LogP contribution >= 0.6 is 0 Å². The molecule has 100 valence electrons. The first-order valence-electron chi connectivity index (χ1n) is 6.05. The minimum Gasteiger partial charge on any atom is -0.395 e. The van der Waals surface area contributed by atoms with Gasteiger partial charge in [-0.3, -0.25) is 4.79 Å². The highest BCUT2D eigenvalue weighted by Gasteiger charge is 2.05. The molecule has 0 atom stereocenters. The van der Waals surface area contributed by atoms with Crippen molar-refractivity contribution in [2.24, 2.45) is 5.92 Å². The maximum absolute atomic E-state index is 13.1. The average Bonchev–Trinajstić information content (AvgIpc) is 2.32. The molecule has 0 unspecified atom stereocenters. The number of amides is 1. The fraction of sp³-hybridized carbons (Fsp3) is 0.462. The summed E-state index contributed by atoms with van der Waals surface area (Å²) in [5.74, 6) is -0.0452. The molecule has 0 spiro atoms. The van der Waals surface area contributed by atoms with Gasteiger partial charge in [0.15, 0.2) is 0 Å². The van der Waals surface area contributed by atoms with E-state index in [0.29, 0.717) is 31.1 Å². The highest BCUT2D eigenvalue weighted by molar-refractivity contribution is 5.76. The van der Waals surface area contributed by atoms with Gasteiger partial charge in [-0.05, 0) is 18.1 Å². The molecule has 5 heteroatoms. The third-order valence-electron chi connectivity index (χ3n) is 2.43. The maximum atomic E-state index is 13.1. The Kier molecular flexibility index (Phi) is 5.42. The molecule has 0 aliphatic heterocycles. The molecule has 1 rings (SSSR count). The van der Waals surface area contributed by atoms with E-state index in [-0.39, 0.29) is 11.6 Å². The number of anilines is 2. The number of carbonyl (C=O) groups excluding carboxylic acids is 1. The monoisotopic (exact) mass is 253 g/mol. The number of nitrogens with two attached hydrogens (primary N) is 1. The zero-order valence-corrected chi connectivity index (χ0v) is 10.8. The molecular formula is C13H20FN3O. The fourth-order valence-electron chi connectivity index (χ4n) is 1.41. The van der Waals surface area contributed by atoms with Crippen molar-refractivity contribution in [1.29, 1.82) is 0 Å². The summed E-state index contributed by atoms with van der Waals surface area (Å²) in [4.78, 5) is 11.4. The summed E-state index contributed by atoms with van der Waals surface area (Å²) in [6.45, 7) is 5.16. The van der Waals surface area contributed by atoms with Crippen molar-refractivity contribution in [2.75, 3.05) is 24.1 Å². The number of hydrogen-bond acceptors (Lipinski definition) is 3. The van der Waals surface area contributed by atoms with Crippen molar-refractivity contribution < 1.29 is 9.18 Å². The lowest BCUT2D eigenvalue weighted by Gasteiger charge is -2.10. The van der Waals surface area contributed by atoms with E-state index < -0.39 is 5.82 Å². The lowest BCUT2D eigenvalue weighted by molar-refractivity contribution is -0.120. The van der Waals surface area contributed by atoms with Crippen LogP contribution in [0.3, 0.4) is 0 Å². The van der Waals surface area contributed by atoms with Gasteiger partial charge in [0.1, 0.15) is 5.82 Å². The molecule has 4 nitrogen and oxygen atoms in total. The van der Waals surface area contributed by atoms with Gasteiger partial charge in [0.25, 0.3) is 0 Å². The van der Waals surface area contributed by atoms with E-state index in [1.807, 2.05) is 13.8 Å². The van der Waals surface area contributed by atoms with Crippen molar-refractivity contribution in [1.82, 2.24) is 5.32 Å². The molecule has 0 fully saturated rings. The smallest absolute Gasteiger partial charge is 0.221 e. The third-order valence-corrected chi connectivity index (χ3v) is 2.43. The molecule has 0 saturated heterocycles. The van der Waals surface area contributed by atoms with E-state index in [4.69, 9.17) is 5.73 Å². The number of carbonyl (C=O) groups is 1. The minimum absolute atomic E-state index is 0.0221. The van der Waals surface area contributed by atoms with Gasteiger partial charge in [0, 0.05) is 19.5 Å². The Balaban J connectivity index is 2.33. The van der Waals surface area contributed by atoms with Gasteiger partial charge >= 0.3 is 0 Å². The molecule has 0 radical (unpaired) electrons. The molecule has 1 amide bonds. The van der Waals surface area contributed by atoms with E-state index in [1.165, 1.54) is 6.07 Å². The molecule has 18 heavy (non-hydrogen) atoms. The van der Waals surface area contributed by atoms with E-state index in [1.54, 1.807) is 12.1 Å². The Labute approximate surface area is 107 Å². The number of halogens is 1. The number of para-hydroxylation sites is 1. The number of benzene rings is 1. The van der Waals surface area contributed by atoms with Crippen LogP contribution in [-0.4, -0.2) is 19.0 Å². The molecule has 0 saturated carbocycles. The van der Waals surface area contributed by atoms with Crippen LogP contribution in [0.25, 0.3) is 0 Å². The quantitative estimate of drug-likeness (QED) is 0.679. The lowest BCUT2D eigenvalue weighted by atomic mass is 10.2. The topological polar surface area (TPSA) is 67.2 Å². The van der Waals surface area contributed by atoms with Gasteiger partial charge in [-0.15, -0.1) is 0 Å². The van der Waals surface area contributed by atoms with Crippen molar-refractivity contribution in [3.8, 4) is 0 Å². The second-order valence-electron chi connectivity index (χ2n) is 4.58. The zero-order chi connectivity index (χ0) is 13.5. The molecule has 0 aliphatic carbocycles. The fourth-order valence-corrected chi connectivity index (χ4v) is 1.41. The molecule has 1 aromatic rings. The second kappa shape index (κ2) is 6.83. The predicted octanol–water partition coefficient (Wildman–Crippen LogP) is 1.98. The molecule has 0 aliphatic rings. The van der Waals surface area contributed by atoms with Crippen molar-refractivity contribution in [3.05, 3.63) is 24.0 Å². The summed E-state index contributed by atoms with van der Waals surface area (Å²) in [6, 6.07) is 4.56. The van der Waals surface area contributed by atoms with E-state index >= 15 is 0 Å². The normalized spacial score (nSPS) is 10.4. The Morgan fingerprint density at radius 2 is 2.17 bits per heavy atom. The van der Waals surface area contributed by atoms with E-state index in [9.17, 15) is 9.18 Å². The van der Waals surface area contributed by atoms with E-state index in [0.717, 1.165) is 0 Å². The SMILES string of the molecule is CC(C)CNC(=O)CCNc1cccc(F)c1N. The van der Waals surface area contributed by atoms with Crippen molar-refractivity contribution in [3.63, 3.8) is 0 Å². The molecule has 1 aromatic carbocycles. The van der Waals surface area contributed by atoms with Crippen molar-refractivity contribution >= 4 is 17.3 Å². The second-order valence-corrected chi connectivity index (χ2v) is 4.58. The Bertz CT molecular complexity index is 407. The summed E-state index contributed by atoms with van der Waals surface area (Å²) < 4.78 is 13.1.